The van der Waals surface area contributed by atoms with Gasteiger partial charge in [0.25, 0.3) is 5.91 Å². The van der Waals surface area contributed by atoms with Crippen LogP contribution < -0.4 is 5.32 Å². The van der Waals surface area contributed by atoms with Crippen LogP contribution in [0.25, 0.3) is 0 Å². The molecule has 1 aromatic carbocycles. The van der Waals surface area contributed by atoms with E-state index in [2.05, 4.69) is 5.32 Å². The average Bonchev–Trinajstić information content (AvgIpc) is 2.80. The Kier molecular flexibility index (Phi) is 4.73. The van der Waals surface area contributed by atoms with Gasteiger partial charge in [-0.3, -0.25) is 14.4 Å². The first-order valence-electron chi connectivity index (χ1n) is 7.17. The van der Waals surface area contributed by atoms with Crippen molar-refractivity contribution in [2.24, 2.45) is 0 Å². The Hall–Kier alpha value is -2.17. The van der Waals surface area contributed by atoms with Gasteiger partial charge in [-0.25, -0.2) is 0 Å². The number of hydrogen-bond donors (Lipinski definition) is 1. The zero-order valence-corrected chi connectivity index (χ0v) is 12.3. The van der Waals surface area contributed by atoms with Crippen LogP contribution in [0.5, 0.6) is 0 Å². The molecule has 1 aromatic rings. The maximum absolute atomic E-state index is 12.2. The van der Waals surface area contributed by atoms with E-state index < -0.39 is 17.7 Å². The molecule has 2 amide bonds. The van der Waals surface area contributed by atoms with Crippen LogP contribution >= 0.6 is 0 Å². The Bertz CT molecular complexity index is 540. The van der Waals surface area contributed by atoms with E-state index in [-0.39, 0.29) is 11.9 Å². The summed E-state index contributed by atoms with van der Waals surface area (Å²) in [4.78, 5) is 37.6. The quantitative estimate of drug-likeness (QED) is 0.830. The fourth-order valence-corrected chi connectivity index (χ4v) is 2.47. The second-order valence-electron chi connectivity index (χ2n) is 5.55. The molecular weight excluding hydrogens is 268 g/mol. The molecule has 2 rings (SSSR count). The van der Waals surface area contributed by atoms with Gasteiger partial charge in [-0.2, -0.15) is 0 Å². The smallest absolute Gasteiger partial charge is 0.289 e. The van der Waals surface area contributed by atoms with Gasteiger partial charge >= 0.3 is 0 Å². The van der Waals surface area contributed by atoms with Gasteiger partial charge < -0.3 is 10.2 Å². The van der Waals surface area contributed by atoms with Gasteiger partial charge in [0.15, 0.2) is 0 Å². The maximum atomic E-state index is 12.2. The average molecular weight is 288 g/mol. The van der Waals surface area contributed by atoms with Crippen molar-refractivity contribution in [1.82, 2.24) is 10.2 Å². The number of benzene rings is 1. The van der Waals surface area contributed by atoms with Gasteiger partial charge in [0, 0.05) is 19.0 Å². The summed E-state index contributed by atoms with van der Waals surface area (Å²) in [6.45, 7) is 3.96. The van der Waals surface area contributed by atoms with Crippen molar-refractivity contribution >= 4 is 17.6 Å². The van der Waals surface area contributed by atoms with E-state index in [4.69, 9.17) is 0 Å². The molecule has 0 spiro atoms. The number of Topliss-reactive ketones (excluding diaryl/α,β-unsaturated/α-hetero) is 1. The summed E-state index contributed by atoms with van der Waals surface area (Å²) < 4.78 is 0. The highest BCUT2D eigenvalue weighted by Gasteiger charge is 2.38. The van der Waals surface area contributed by atoms with Crippen molar-refractivity contribution in [1.29, 1.82) is 0 Å². The Morgan fingerprint density at radius 2 is 1.95 bits per heavy atom. The second kappa shape index (κ2) is 6.52. The van der Waals surface area contributed by atoms with E-state index in [1.807, 2.05) is 30.3 Å². The molecule has 0 aromatic heterocycles. The standard InChI is InChI=1S/C16H20N2O3/c1-11(2)17-16(21)15(20)13-8-9-14(19)18(13)10-12-6-4-3-5-7-12/h3-7,11,13H,8-10H2,1-2H3,(H,17,21)/t13-/m1/s1. The monoisotopic (exact) mass is 288 g/mol. The summed E-state index contributed by atoms with van der Waals surface area (Å²) >= 11 is 0. The lowest BCUT2D eigenvalue weighted by atomic mass is 10.1. The number of carbonyl (C=O) groups excluding carboxylic acids is 3. The predicted molar refractivity (Wildman–Crippen MR) is 78.3 cm³/mol. The molecule has 0 unspecified atom stereocenters. The van der Waals surface area contributed by atoms with Crippen LogP contribution in [0.4, 0.5) is 0 Å². The van der Waals surface area contributed by atoms with Gasteiger partial charge in [-0.1, -0.05) is 30.3 Å². The maximum Gasteiger partial charge on any atom is 0.289 e. The molecule has 1 aliphatic rings. The molecule has 1 N–H and O–H groups in total. The molecule has 1 fully saturated rings. The minimum atomic E-state index is -0.642. The van der Waals surface area contributed by atoms with E-state index in [1.165, 1.54) is 4.90 Å². The third-order valence-electron chi connectivity index (χ3n) is 3.47. The van der Waals surface area contributed by atoms with E-state index in [9.17, 15) is 14.4 Å². The summed E-state index contributed by atoms with van der Waals surface area (Å²) in [6.07, 6.45) is 0.730. The number of carbonyl (C=O) groups is 3. The molecule has 1 atom stereocenters. The van der Waals surface area contributed by atoms with Crippen molar-refractivity contribution in [3.8, 4) is 0 Å². The zero-order chi connectivity index (χ0) is 15.4. The van der Waals surface area contributed by atoms with Gasteiger partial charge in [0.05, 0.1) is 0 Å². The normalized spacial score (nSPS) is 18.1. The molecule has 5 heteroatoms. The third-order valence-corrected chi connectivity index (χ3v) is 3.47. The minimum Gasteiger partial charge on any atom is -0.347 e. The molecule has 0 saturated carbocycles. The molecule has 112 valence electrons. The van der Waals surface area contributed by atoms with Crippen molar-refractivity contribution in [2.75, 3.05) is 0 Å². The number of amides is 2. The molecule has 1 heterocycles. The van der Waals surface area contributed by atoms with Crippen molar-refractivity contribution in [2.45, 2.75) is 45.3 Å². The van der Waals surface area contributed by atoms with Gasteiger partial charge in [0.1, 0.15) is 6.04 Å². The molecule has 21 heavy (non-hydrogen) atoms. The number of nitrogens with zero attached hydrogens (tertiary/aromatic N) is 1. The minimum absolute atomic E-state index is 0.0745. The summed E-state index contributed by atoms with van der Waals surface area (Å²) in [6, 6.07) is 8.74. The zero-order valence-electron chi connectivity index (χ0n) is 12.3. The highest BCUT2D eigenvalue weighted by molar-refractivity contribution is 6.38. The summed E-state index contributed by atoms with van der Waals surface area (Å²) in [7, 11) is 0. The van der Waals surface area contributed by atoms with Gasteiger partial charge in [0.2, 0.25) is 11.7 Å². The largest absolute Gasteiger partial charge is 0.347 e. The van der Waals surface area contributed by atoms with Crippen molar-refractivity contribution in [3.05, 3.63) is 35.9 Å². The van der Waals surface area contributed by atoms with Crippen LogP contribution in [-0.2, 0) is 20.9 Å². The molecular formula is C16H20N2O3. The van der Waals surface area contributed by atoms with Gasteiger partial charge in [-0.05, 0) is 25.8 Å². The number of ketones is 1. The van der Waals surface area contributed by atoms with Gasteiger partial charge in [-0.15, -0.1) is 0 Å². The van der Waals surface area contributed by atoms with Crippen molar-refractivity contribution < 1.29 is 14.4 Å². The molecule has 0 radical (unpaired) electrons. The third kappa shape index (κ3) is 3.68. The SMILES string of the molecule is CC(C)NC(=O)C(=O)[C@H]1CCC(=O)N1Cc1ccccc1. The molecule has 0 bridgehead atoms. The molecule has 1 aliphatic heterocycles. The number of nitrogens with one attached hydrogen (secondary N) is 1. The van der Waals surface area contributed by atoms with E-state index in [1.54, 1.807) is 13.8 Å². The highest BCUT2D eigenvalue weighted by Crippen LogP contribution is 2.22. The summed E-state index contributed by atoms with van der Waals surface area (Å²) in [5.74, 6) is -1.21. The Labute approximate surface area is 124 Å². The molecule has 0 aliphatic carbocycles. The molecule has 5 nitrogen and oxygen atoms in total. The van der Waals surface area contributed by atoms with Crippen LogP contribution in [0.2, 0.25) is 0 Å². The van der Waals surface area contributed by atoms with E-state index in [0.717, 1.165) is 5.56 Å². The number of rotatable bonds is 5. The van der Waals surface area contributed by atoms with Crippen LogP contribution in [0.1, 0.15) is 32.3 Å². The first-order valence-corrected chi connectivity index (χ1v) is 7.17. The van der Waals surface area contributed by atoms with Crippen LogP contribution in [0.15, 0.2) is 30.3 Å². The fourth-order valence-electron chi connectivity index (χ4n) is 2.47. The van der Waals surface area contributed by atoms with E-state index >= 15 is 0 Å². The lowest BCUT2D eigenvalue weighted by Crippen LogP contribution is -2.46. The summed E-state index contributed by atoms with van der Waals surface area (Å²) in [5, 5.41) is 2.59. The second-order valence-corrected chi connectivity index (χ2v) is 5.55. The Morgan fingerprint density at radius 1 is 1.29 bits per heavy atom. The first kappa shape index (κ1) is 15.2. The fraction of sp³-hybridized carbons (Fsp3) is 0.438. The van der Waals surface area contributed by atoms with Crippen LogP contribution in [-0.4, -0.2) is 34.6 Å². The predicted octanol–water partition coefficient (Wildman–Crippen LogP) is 1.27. The molecule has 1 saturated heterocycles. The van der Waals surface area contributed by atoms with Crippen molar-refractivity contribution in [3.63, 3.8) is 0 Å². The lowest BCUT2D eigenvalue weighted by molar-refractivity contribution is -0.143. The summed E-state index contributed by atoms with van der Waals surface area (Å²) in [5.41, 5.74) is 0.954. The first-order chi connectivity index (χ1) is 9.99. The highest BCUT2D eigenvalue weighted by atomic mass is 16.2. The number of hydrogen-bond acceptors (Lipinski definition) is 3. The number of likely N-dealkylation sites (tertiary alicyclic amines) is 1. The van der Waals surface area contributed by atoms with E-state index in [0.29, 0.717) is 19.4 Å². The lowest BCUT2D eigenvalue weighted by Gasteiger charge is -2.23. The van der Waals surface area contributed by atoms with Crippen LogP contribution in [0, 0.1) is 0 Å². The Morgan fingerprint density at radius 3 is 2.57 bits per heavy atom. The van der Waals surface area contributed by atoms with Crippen LogP contribution in [0.3, 0.4) is 0 Å². The Balaban J connectivity index is 2.09. The topological polar surface area (TPSA) is 66.5 Å².